The number of para-hydroxylation sites is 2. The number of hydrogen-bond donors (Lipinski definition) is 2. The molecule has 190 valence electrons. The lowest BCUT2D eigenvalue weighted by Gasteiger charge is -2.08. The summed E-state index contributed by atoms with van der Waals surface area (Å²) in [5.41, 5.74) is 0.448. The maximum atomic E-state index is 13.4. The van der Waals surface area contributed by atoms with Gasteiger partial charge < -0.3 is 0 Å². The summed E-state index contributed by atoms with van der Waals surface area (Å²) in [5.74, 6) is -1.29. The lowest BCUT2D eigenvalue weighted by molar-refractivity contribution is 0.102. The fraction of sp³-hybridized carbons (Fsp3) is 0.0714. The number of aryl methyl sites for hydroxylation is 2. The molecule has 2 N–H and O–H groups in total. The van der Waals surface area contributed by atoms with Gasteiger partial charge in [0.1, 0.15) is 11.1 Å². The van der Waals surface area contributed by atoms with Gasteiger partial charge in [0.2, 0.25) is 11.6 Å². The van der Waals surface area contributed by atoms with Gasteiger partial charge in [0, 0.05) is 22.5 Å². The number of carbonyl (C=O) groups is 2. The van der Waals surface area contributed by atoms with Crippen LogP contribution in [0, 0.1) is 13.8 Å². The molecule has 0 unspecified atom stereocenters. The Bertz CT molecular complexity index is 1700. The van der Waals surface area contributed by atoms with E-state index in [9.17, 15) is 19.2 Å². The van der Waals surface area contributed by atoms with E-state index >= 15 is 0 Å². The topological polar surface area (TPSA) is 110 Å². The van der Waals surface area contributed by atoms with Gasteiger partial charge in [-0.05, 0) is 50.2 Å². The molecule has 3 aromatic carbocycles. The molecule has 38 heavy (non-hydrogen) atoms. The van der Waals surface area contributed by atoms with Gasteiger partial charge in [-0.25, -0.2) is 9.36 Å². The Morgan fingerprint density at radius 3 is 1.32 bits per heavy atom. The number of ketones is 2. The van der Waals surface area contributed by atoms with Crippen LogP contribution in [-0.4, -0.2) is 31.1 Å². The molecule has 0 aliphatic carbocycles. The van der Waals surface area contributed by atoms with Gasteiger partial charge in [-0.15, -0.1) is 0 Å². The smallest absolute Gasteiger partial charge is 0.282 e. The van der Waals surface area contributed by atoms with Crippen molar-refractivity contribution in [3.05, 3.63) is 137 Å². The molecule has 0 amide bonds. The highest BCUT2D eigenvalue weighted by Gasteiger charge is 2.27. The average molecular weight is 547 g/mol. The second-order valence-electron chi connectivity index (χ2n) is 8.65. The van der Waals surface area contributed by atoms with Gasteiger partial charge in [0.25, 0.3) is 11.1 Å². The van der Waals surface area contributed by atoms with Crippen molar-refractivity contribution in [1.82, 2.24) is 19.6 Å². The lowest BCUT2D eigenvalue weighted by atomic mass is 9.98. The maximum Gasteiger partial charge on any atom is 0.282 e. The number of aromatic nitrogens is 4. The van der Waals surface area contributed by atoms with E-state index in [2.05, 4.69) is 10.2 Å². The van der Waals surface area contributed by atoms with Crippen molar-refractivity contribution in [2.24, 2.45) is 0 Å². The molecule has 0 saturated carbocycles. The number of nitrogens with zero attached hydrogens (tertiary/aromatic N) is 2. The van der Waals surface area contributed by atoms with Crippen LogP contribution in [0.5, 0.6) is 0 Å². The van der Waals surface area contributed by atoms with Gasteiger partial charge in [0.15, 0.2) is 0 Å². The number of rotatable bonds is 6. The lowest BCUT2D eigenvalue weighted by Crippen LogP contribution is -2.22. The first-order valence-electron chi connectivity index (χ1n) is 11.5. The predicted octanol–water partition coefficient (Wildman–Crippen LogP) is 5.03. The molecule has 2 aromatic heterocycles. The normalized spacial score (nSPS) is 11.1. The van der Waals surface area contributed by atoms with E-state index in [-0.39, 0.29) is 32.3 Å². The minimum absolute atomic E-state index is 0.0416. The van der Waals surface area contributed by atoms with Crippen LogP contribution in [0.15, 0.2) is 82.4 Å². The van der Waals surface area contributed by atoms with Crippen LogP contribution in [-0.2, 0) is 0 Å². The number of carbonyl (C=O) groups excluding carboxylic acids is 2. The van der Waals surface area contributed by atoms with Gasteiger partial charge in [-0.3, -0.25) is 29.4 Å². The highest BCUT2D eigenvalue weighted by atomic mass is 35.5. The second kappa shape index (κ2) is 9.81. The van der Waals surface area contributed by atoms with Crippen LogP contribution >= 0.6 is 23.2 Å². The van der Waals surface area contributed by atoms with Crippen molar-refractivity contribution in [3.8, 4) is 11.4 Å². The Morgan fingerprint density at radius 2 is 0.974 bits per heavy atom. The molecule has 10 heteroatoms. The molecule has 8 nitrogen and oxygen atoms in total. The molecule has 0 radical (unpaired) electrons. The largest absolute Gasteiger partial charge is 0.295 e. The molecule has 0 aliphatic rings. The summed E-state index contributed by atoms with van der Waals surface area (Å²) in [6.07, 6.45) is 0. The standard InChI is InChI=1S/C28H20Cl2N4O4/c1-15-23(27(37)33(31-15)17-9-5-3-6-10-17)25(35)19-13-22(30)20(14-21(19)29)26(36)24-16(2)32-34(28(24)38)18-11-7-4-8-12-18/h3-14,31-32H,1-2H3. The number of aromatic amines is 2. The molecular weight excluding hydrogens is 527 g/mol. The van der Waals surface area contributed by atoms with Gasteiger partial charge in [-0.1, -0.05) is 59.6 Å². The molecule has 0 atom stereocenters. The summed E-state index contributed by atoms with van der Waals surface area (Å²) in [7, 11) is 0. The number of H-pyrrole nitrogens is 2. The third kappa shape index (κ3) is 4.23. The average Bonchev–Trinajstić information content (AvgIpc) is 3.39. The molecule has 0 bridgehead atoms. The number of nitrogens with one attached hydrogen (secondary N) is 2. The Labute approximate surface area is 226 Å². The van der Waals surface area contributed by atoms with Crippen molar-refractivity contribution in [3.63, 3.8) is 0 Å². The van der Waals surface area contributed by atoms with E-state index in [1.54, 1.807) is 62.4 Å². The predicted molar refractivity (Wildman–Crippen MR) is 146 cm³/mol. The van der Waals surface area contributed by atoms with Gasteiger partial charge in [-0.2, -0.15) is 0 Å². The molecule has 0 fully saturated rings. The third-order valence-electron chi connectivity index (χ3n) is 6.17. The zero-order valence-corrected chi connectivity index (χ0v) is 21.7. The summed E-state index contributed by atoms with van der Waals surface area (Å²) in [6, 6.07) is 20.1. The van der Waals surface area contributed by atoms with Crippen molar-refractivity contribution < 1.29 is 9.59 Å². The van der Waals surface area contributed by atoms with E-state index in [0.29, 0.717) is 22.8 Å². The molecule has 0 aliphatic heterocycles. The Morgan fingerprint density at radius 1 is 0.632 bits per heavy atom. The summed E-state index contributed by atoms with van der Waals surface area (Å²) in [5, 5.41) is 5.66. The zero-order chi connectivity index (χ0) is 27.1. The van der Waals surface area contributed by atoms with E-state index in [0.717, 1.165) is 0 Å². The molecular formula is C28H20Cl2N4O4. The summed E-state index contributed by atoms with van der Waals surface area (Å²) in [4.78, 5) is 53.0. The van der Waals surface area contributed by atoms with Gasteiger partial charge in [0.05, 0.1) is 21.4 Å². The van der Waals surface area contributed by atoms with Crippen LogP contribution in [0.3, 0.4) is 0 Å². The summed E-state index contributed by atoms with van der Waals surface area (Å²) >= 11 is 12.9. The molecule has 5 rings (SSSR count). The fourth-order valence-electron chi connectivity index (χ4n) is 4.31. The van der Waals surface area contributed by atoms with Crippen LogP contribution in [0.4, 0.5) is 0 Å². The Hall–Kier alpha value is -4.40. The SMILES string of the molecule is Cc1[nH]n(-c2ccccc2)c(=O)c1C(=O)c1cc(Cl)c(C(=O)c2c(C)[nH]n(-c3ccccc3)c2=O)cc1Cl. The van der Waals surface area contributed by atoms with E-state index in [1.807, 2.05) is 12.1 Å². The fourth-order valence-corrected chi connectivity index (χ4v) is 4.81. The number of hydrogen-bond acceptors (Lipinski definition) is 4. The summed E-state index contributed by atoms with van der Waals surface area (Å²) < 4.78 is 2.53. The van der Waals surface area contributed by atoms with Crippen molar-refractivity contribution in [2.75, 3.05) is 0 Å². The number of benzene rings is 3. The highest BCUT2D eigenvalue weighted by Crippen LogP contribution is 2.29. The van der Waals surface area contributed by atoms with Crippen molar-refractivity contribution in [2.45, 2.75) is 13.8 Å². The quantitative estimate of drug-likeness (QED) is 0.291. The van der Waals surface area contributed by atoms with Gasteiger partial charge >= 0.3 is 0 Å². The second-order valence-corrected chi connectivity index (χ2v) is 9.46. The highest BCUT2D eigenvalue weighted by molar-refractivity contribution is 6.39. The Kier molecular flexibility index (Phi) is 6.52. The monoisotopic (exact) mass is 546 g/mol. The Balaban J connectivity index is 1.54. The van der Waals surface area contributed by atoms with Crippen LogP contribution in [0.2, 0.25) is 10.0 Å². The van der Waals surface area contributed by atoms with Crippen molar-refractivity contribution in [1.29, 1.82) is 0 Å². The first-order chi connectivity index (χ1) is 18.2. The first-order valence-corrected chi connectivity index (χ1v) is 12.3. The number of halogens is 2. The molecule has 0 saturated heterocycles. The molecule has 0 spiro atoms. The van der Waals surface area contributed by atoms with Crippen molar-refractivity contribution >= 4 is 34.8 Å². The first kappa shape index (κ1) is 25.3. The zero-order valence-electron chi connectivity index (χ0n) is 20.2. The van der Waals surface area contributed by atoms with E-state index in [4.69, 9.17) is 23.2 Å². The van der Waals surface area contributed by atoms with Crippen LogP contribution < -0.4 is 11.1 Å². The van der Waals surface area contributed by atoms with Crippen LogP contribution in [0.1, 0.15) is 43.2 Å². The molecule has 2 heterocycles. The maximum absolute atomic E-state index is 13.4. The summed E-state index contributed by atoms with van der Waals surface area (Å²) in [6.45, 7) is 3.21. The molecule has 5 aromatic rings. The van der Waals surface area contributed by atoms with E-state index in [1.165, 1.54) is 21.5 Å². The minimum Gasteiger partial charge on any atom is -0.295 e. The van der Waals surface area contributed by atoms with E-state index < -0.39 is 22.7 Å². The third-order valence-corrected chi connectivity index (χ3v) is 6.80. The minimum atomic E-state index is -0.645. The van der Waals surface area contributed by atoms with Crippen LogP contribution in [0.25, 0.3) is 11.4 Å².